The number of carboxylic acids is 1. The third kappa shape index (κ3) is 4.14. The van der Waals surface area contributed by atoms with E-state index in [4.69, 9.17) is 14.3 Å². The second kappa shape index (κ2) is 8.17. The minimum Gasteiger partial charge on any atom is -0.475 e. The van der Waals surface area contributed by atoms with Gasteiger partial charge in [-0.15, -0.1) is 0 Å². The highest BCUT2D eigenvalue weighted by Gasteiger charge is 2.49. The molecule has 1 N–H and O–H groups in total. The fourth-order valence-corrected chi connectivity index (χ4v) is 3.65. The Hall–Kier alpha value is -3.37. The number of likely N-dealkylation sites (tertiary alicyclic amines) is 1. The topological polar surface area (TPSA) is 104 Å². The molecule has 160 valence electrons. The highest BCUT2D eigenvalue weighted by molar-refractivity contribution is 5.99. The highest BCUT2D eigenvalue weighted by Crippen LogP contribution is 2.36. The van der Waals surface area contributed by atoms with Crippen molar-refractivity contribution in [3.8, 4) is 0 Å². The predicted octanol–water partition coefficient (Wildman–Crippen LogP) is 2.64. The summed E-state index contributed by atoms with van der Waals surface area (Å²) in [6.45, 7) is 2.49. The number of anilines is 1. The van der Waals surface area contributed by atoms with Gasteiger partial charge in [0.1, 0.15) is 0 Å². The second-order valence-corrected chi connectivity index (χ2v) is 6.84. The Morgan fingerprint density at radius 1 is 1.27 bits per heavy atom. The summed E-state index contributed by atoms with van der Waals surface area (Å²) in [5.74, 6) is -2.46. The molecule has 0 unspecified atom stereocenters. The minimum absolute atomic E-state index is 0.0194. The molecule has 2 amide bonds. The summed E-state index contributed by atoms with van der Waals surface area (Å²) < 4.78 is 37.1. The van der Waals surface area contributed by atoms with Gasteiger partial charge in [0.05, 0.1) is 30.2 Å². The number of carboxylic acid groups (broad SMARTS) is 1. The van der Waals surface area contributed by atoms with E-state index in [2.05, 4.69) is 4.98 Å². The van der Waals surface area contributed by atoms with Crippen LogP contribution in [0.2, 0.25) is 0 Å². The van der Waals surface area contributed by atoms with Gasteiger partial charge >= 0.3 is 12.1 Å². The first kappa shape index (κ1) is 21.3. The molecular formula is C19H18F3N3O5. The monoisotopic (exact) mass is 425 g/mol. The zero-order valence-electron chi connectivity index (χ0n) is 15.8. The third-order valence-electron chi connectivity index (χ3n) is 4.98. The second-order valence-electron chi connectivity index (χ2n) is 6.84. The van der Waals surface area contributed by atoms with Gasteiger partial charge in [-0.05, 0) is 31.5 Å². The molecule has 0 aromatic carbocycles. The molecule has 0 aliphatic carbocycles. The van der Waals surface area contributed by atoms with Crippen LogP contribution in [-0.4, -0.2) is 57.6 Å². The molecule has 30 heavy (non-hydrogen) atoms. The molecular weight excluding hydrogens is 407 g/mol. The molecule has 0 bridgehead atoms. The molecule has 2 fully saturated rings. The molecule has 0 spiro atoms. The van der Waals surface area contributed by atoms with Crippen LogP contribution in [0.4, 0.5) is 18.9 Å². The van der Waals surface area contributed by atoms with Gasteiger partial charge in [0.2, 0.25) is 5.91 Å². The van der Waals surface area contributed by atoms with Crippen LogP contribution in [0.15, 0.2) is 41.3 Å². The number of hydrogen-bond acceptors (Lipinski definition) is 5. The largest absolute Gasteiger partial charge is 0.490 e. The van der Waals surface area contributed by atoms with Gasteiger partial charge in [0.15, 0.2) is 5.76 Å². The Kier molecular flexibility index (Phi) is 5.81. The van der Waals surface area contributed by atoms with Crippen LogP contribution in [0.3, 0.4) is 0 Å². The first-order valence-electron chi connectivity index (χ1n) is 8.98. The van der Waals surface area contributed by atoms with Crippen molar-refractivity contribution < 1.29 is 37.1 Å². The van der Waals surface area contributed by atoms with Crippen molar-refractivity contribution in [2.45, 2.75) is 38.0 Å². The number of carbonyl (C=O) groups is 3. The maximum absolute atomic E-state index is 12.7. The van der Waals surface area contributed by atoms with E-state index < -0.39 is 12.1 Å². The average molecular weight is 425 g/mol. The molecule has 2 atom stereocenters. The quantitative estimate of drug-likeness (QED) is 0.793. The first-order valence-corrected chi connectivity index (χ1v) is 8.98. The van der Waals surface area contributed by atoms with E-state index in [0.29, 0.717) is 18.7 Å². The van der Waals surface area contributed by atoms with Gasteiger partial charge in [-0.1, -0.05) is 0 Å². The molecule has 2 saturated heterocycles. The van der Waals surface area contributed by atoms with E-state index in [1.165, 1.54) is 6.26 Å². The molecule has 2 aromatic heterocycles. The lowest BCUT2D eigenvalue weighted by molar-refractivity contribution is -0.192. The zero-order valence-corrected chi connectivity index (χ0v) is 15.8. The summed E-state index contributed by atoms with van der Waals surface area (Å²) in [7, 11) is 0. The number of rotatable bonds is 2. The summed E-state index contributed by atoms with van der Waals surface area (Å²) >= 11 is 0. The Morgan fingerprint density at radius 3 is 2.50 bits per heavy atom. The number of aromatic nitrogens is 1. The lowest BCUT2D eigenvalue weighted by atomic mass is 10.1. The summed E-state index contributed by atoms with van der Waals surface area (Å²) in [6.07, 6.45) is 0.951. The normalized spacial score (nSPS) is 20.6. The molecule has 0 saturated carbocycles. The van der Waals surface area contributed by atoms with E-state index in [9.17, 15) is 22.8 Å². The number of carbonyl (C=O) groups excluding carboxylic acids is 2. The molecule has 2 aromatic rings. The van der Waals surface area contributed by atoms with E-state index in [1.54, 1.807) is 28.3 Å². The maximum atomic E-state index is 12.7. The fraction of sp³-hybridized carbons (Fsp3) is 0.368. The summed E-state index contributed by atoms with van der Waals surface area (Å²) in [4.78, 5) is 41.7. The number of halogens is 3. The van der Waals surface area contributed by atoms with Crippen molar-refractivity contribution in [1.29, 1.82) is 0 Å². The number of furan rings is 1. The maximum Gasteiger partial charge on any atom is 0.490 e. The van der Waals surface area contributed by atoms with Crippen molar-refractivity contribution in [2.75, 3.05) is 11.4 Å². The van der Waals surface area contributed by atoms with Crippen molar-refractivity contribution in [3.63, 3.8) is 0 Å². The number of alkyl halides is 3. The zero-order chi connectivity index (χ0) is 22.1. The molecule has 2 aliphatic heterocycles. The fourth-order valence-electron chi connectivity index (χ4n) is 3.65. The first-order chi connectivity index (χ1) is 14.1. The molecule has 4 heterocycles. The summed E-state index contributed by atoms with van der Waals surface area (Å²) in [6, 6.07) is 5.41. The molecule has 0 radical (unpaired) electrons. The number of amides is 2. The summed E-state index contributed by atoms with van der Waals surface area (Å²) in [5, 5.41) is 7.12. The summed E-state index contributed by atoms with van der Waals surface area (Å²) in [5.41, 5.74) is 1.63. The number of nitrogens with zero attached hydrogens (tertiary/aromatic N) is 3. The Morgan fingerprint density at radius 2 is 1.97 bits per heavy atom. The third-order valence-corrected chi connectivity index (χ3v) is 4.98. The van der Waals surface area contributed by atoms with E-state index >= 15 is 0 Å². The standard InChI is InChI=1S/C17H17N3O3.C2HF3O2/c1-11-5-8-23-16(11)17(22)19-7-4-13-14(19)9-15(21)20(13)12-3-2-6-18-10-12;3-2(4,5)1(6)7/h2-3,5-6,8,10,13-14H,4,7,9H2,1H3;(H,6,7)/t13-,14+;/m1./s1. The van der Waals surface area contributed by atoms with Gasteiger partial charge in [-0.3, -0.25) is 14.6 Å². The van der Waals surface area contributed by atoms with Crippen molar-refractivity contribution in [1.82, 2.24) is 9.88 Å². The molecule has 2 aliphatic rings. The SMILES string of the molecule is Cc1ccoc1C(=O)N1CC[C@@H]2[C@@H]1CC(=O)N2c1cccnc1.O=C(O)C(F)(F)F. The lowest BCUT2D eigenvalue weighted by Gasteiger charge is -2.25. The van der Waals surface area contributed by atoms with Crippen LogP contribution in [0.5, 0.6) is 0 Å². The molecule has 11 heteroatoms. The Balaban J connectivity index is 0.000000318. The van der Waals surface area contributed by atoms with E-state index in [0.717, 1.165) is 17.7 Å². The smallest absolute Gasteiger partial charge is 0.475 e. The number of aryl methyl sites for hydroxylation is 1. The molecule has 4 rings (SSSR count). The van der Waals surface area contributed by atoms with E-state index in [1.807, 2.05) is 19.1 Å². The average Bonchev–Trinajstić information content (AvgIpc) is 3.36. The van der Waals surface area contributed by atoms with Crippen LogP contribution in [0.25, 0.3) is 0 Å². The van der Waals surface area contributed by atoms with Gasteiger partial charge in [0.25, 0.3) is 5.91 Å². The van der Waals surface area contributed by atoms with E-state index in [-0.39, 0.29) is 23.9 Å². The predicted molar refractivity (Wildman–Crippen MR) is 96.7 cm³/mol. The Bertz CT molecular complexity index is 944. The minimum atomic E-state index is -5.08. The number of aliphatic carboxylic acids is 1. The molecule has 8 nitrogen and oxygen atoms in total. The number of hydrogen-bond donors (Lipinski definition) is 1. The van der Waals surface area contributed by atoms with Gasteiger partial charge < -0.3 is 19.3 Å². The number of fused-ring (bicyclic) bond motifs is 1. The van der Waals surface area contributed by atoms with Crippen LogP contribution in [-0.2, 0) is 9.59 Å². The highest BCUT2D eigenvalue weighted by atomic mass is 19.4. The van der Waals surface area contributed by atoms with Crippen molar-refractivity contribution in [3.05, 3.63) is 48.2 Å². The Labute approximate surface area is 168 Å². The van der Waals surface area contributed by atoms with Crippen molar-refractivity contribution in [2.24, 2.45) is 0 Å². The van der Waals surface area contributed by atoms with Gasteiger partial charge in [-0.2, -0.15) is 13.2 Å². The lowest BCUT2D eigenvalue weighted by Crippen LogP contribution is -2.40. The van der Waals surface area contributed by atoms with Crippen LogP contribution in [0.1, 0.15) is 29.0 Å². The van der Waals surface area contributed by atoms with Crippen LogP contribution >= 0.6 is 0 Å². The number of pyridine rings is 1. The van der Waals surface area contributed by atoms with Crippen LogP contribution < -0.4 is 4.90 Å². The van der Waals surface area contributed by atoms with Gasteiger partial charge in [0, 0.05) is 24.7 Å². The van der Waals surface area contributed by atoms with Crippen LogP contribution in [0, 0.1) is 6.92 Å². The van der Waals surface area contributed by atoms with Crippen molar-refractivity contribution >= 4 is 23.5 Å². The van der Waals surface area contributed by atoms with Gasteiger partial charge in [-0.25, -0.2) is 4.79 Å².